The molecule has 4 aromatic carbocycles. The van der Waals surface area contributed by atoms with Gasteiger partial charge < -0.3 is 9.47 Å². The van der Waals surface area contributed by atoms with Crippen LogP contribution in [0.4, 0.5) is 26.3 Å². The Bertz CT molecular complexity index is 1400. The van der Waals surface area contributed by atoms with E-state index in [9.17, 15) is 26.3 Å². The van der Waals surface area contributed by atoms with E-state index in [0.717, 1.165) is 24.3 Å². The summed E-state index contributed by atoms with van der Waals surface area (Å²) >= 11 is 0. The van der Waals surface area contributed by atoms with E-state index in [2.05, 4.69) is 0 Å². The van der Waals surface area contributed by atoms with Crippen molar-refractivity contribution < 1.29 is 35.8 Å². The molecular weight excluding hydrogens is 506 g/mol. The SMILES string of the molecule is CC(C)c1cc(F)c(F)c(Oc2cccc(F)c2)c1.CC(C)c1cc(Oc2cccc(F)c2)c(F)cc1F. The molecule has 200 valence electrons. The molecular formula is C30H26F6O2. The second kappa shape index (κ2) is 12.5. The second-order valence-corrected chi connectivity index (χ2v) is 9.05. The quantitative estimate of drug-likeness (QED) is 0.230. The number of rotatable bonds is 6. The summed E-state index contributed by atoms with van der Waals surface area (Å²) in [4.78, 5) is 0. The van der Waals surface area contributed by atoms with Gasteiger partial charge in [0, 0.05) is 18.2 Å². The molecule has 0 amide bonds. The minimum Gasteiger partial charge on any atom is -0.454 e. The van der Waals surface area contributed by atoms with Crippen molar-refractivity contribution in [2.45, 2.75) is 39.5 Å². The third kappa shape index (κ3) is 7.54. The lowest BCUT2D eigenvalue weighted by atomic mass is 10.0. The predicted octanol–water partition coefficient (Wildman–Crippen LogP) is 10.0. The Morgan fingerprint density at radius 3 is 1.58 bits per heavy atom. The van der Waals surface area contributed by atoms with E-state index in [4.69, 9.17) is 9.47 Å². The first-order valence-corrected chi connectivity index (χ1v) is 11.8. The molecule has 0 spiro atoms. The lowest BCUT2D eigenvalue weighted by molar-refractivity contribution is 0.412. The fraction of sp³-hybridized carbons (Fsp3) is 0.200. The van der Waals surface area contributed by atoms with Crippen LogP contribution in [0.15, 0.2) is 72.8 Å². The highest BCUT2D eigenvalue weighted by Crippen LogP contribution is 2.31. The highest BCUT2D eigenvalue weighted by Gasteiger charge is 2.16. The fourth-order valence-electron chi connectivity index (χ4n) is 3.37. The van der Waals surface area contributed by atoms with Crippen LogP contribution >= 0.6 is 0 Å². The van der Waals surface area contributed by atoms with Crippen molar-refractivity contribution in [2.75, 3.05) is 0 Å². The molecule has 8 heteroatoms. The van der Waals surface area contributed by atoms with Crippen molar-refractivity contribution in [1.82, 2.24) is 0 Å². The maximum Gasteiger partial charge on any atom is 0.201 e. The zero-order valence-corrected chi connectivity index (χ0v) is 21.2. The Morgan fingerprint density at radius 1 is 0.526 bits per heavy atom. The third-order valence-corrected chi connectivity index (χ3v) is 5.40. The zero-order chi connectivity index (χ0) is 28.0. The van der Waals surface area contributed by atoms with Crippen LogP contribution in [0.3, 0.4) is 0 Å². The monoisotopic (exact) mass is 532 g/mol. The highest BCUT2D eigenvalue weighted by atomic mass is 19.2. The molecule has 2 nitrogen and oxygen atoms in total. The lowest BCUT2D eigenvalue weighted by Crippen LogP contribution is -1.97. The van der Waals surface area contributed by atoms with Gasteiger partial charge >= 0.3 is 0 Å². The van der Waals surface area contributed by atoms with Crippen molar-refractivity contribution in [3.05, 3.63) is 119 Å². The van der Waals surface area contributed by atoms with Crippen LogP contribution in [0.2, 0.25) is 0 Å². The molecule has 0 fully saturated rings. The van der Waals surface area contributed by atoms with Crippen LogP contribution in [0, 0.1) is 34.9 Å². The van der Waals surface area contributed by atoms with Crippen molar-refractivity contribution in [3.63, 3.8) is 0 Å². The van der Waals surface area contributed by atoms with E-state index < -0.39 is 34.9 Å². The van der Waals surface area contributed by atoms with Gasteiger partial charge in [0.2, 0.25) is 5.82 Å². The molecule has 4 aromatic rings. The van der Waals surface area contributed by atoms with E-state index in [1.165, 1.54) is 48.5 Å². The molecule has 0 bridgehead atoms. The maximum absolute atomic E-state index is 13.6. The first-order chi connectivity index (χ1) is 17.9. The first-order valence-electron chi connectivity index (χ1n) is 11.8. The molecule has 0 heterocycles. The number of ether oxygens (including phenoxy) is 2. The van der Waals surface area contributed by atoms with Crippen LogP contribution in [-0.4, -0.2) is 0 Å². The summed E-state index contributed by atoms with van der Waals surface area (Å²) < 4.78 is 90.7. The first kappa shape index (κ1) is 28.6. The molecule has 0 radical (unpaired) electrons. The molecule has 0 saturated carbocycles. The average molecular weight is 533 g/mol. The van der Waals surface area contributed by atoms with E-state index in [1.54, 1.807) is 13.8 Å². The van der Waals surface area contributed by atoms with E-state index in [1.807, 2.05) is 13.8 Å². The fourth-order valence-corrected chi connectivity index (χ4v) is 3.37. The van der Waals surface area contributed by atoms with Gasteiger partial charge in [0.1, 0.15) is 29.0 Å². The number of hydrogen-bond donors (Lipinski definition) is 0. The summed E-state index contributed by atoms with van der Waals surface area (Å²) in [5.74, 6) is -4.59. The van der Waals surface area contributed by atoms with Crippen LogP contribution in [0.25, 0.3) is 0 Å². The smallest absolute Gasteiger partial charge is 0.201 e. The van der Waals surface area contributed by atoms with Gasteiger partial charge in [-0.05, 0) is 65.4 Å². The van der Waals surface area contributed by atoms with Gasteiger partial charge in [-0.2, -0.15) is 4.39 Å². The van der Waals surface area contributed by atoms with Gasteiger partial charge in [-0.15, -0.1) is 0 Å². The van der Waals surface area contributed by atoms with Crippen LogP contribution < -0.4 is 9.47 Å². The van der Waals surface area contributed by atoms with E-state index in [-0.39, 0.29) is 34.8 Å². The van der Waals surface area contributed by atoms with Crippen LogP contribution in [0.5, 0.6) is 23.0 Å². The van der Waals surface area contributed by atoms with Gasteiger partial charge in [-0.3, -0.25) is 0 Å². The van der Waals surface area contributed by atoms with Gasteiger partial charge in [0.25, 0.3) is 0 Å². The lowest BCUT2D eigenvalue weighted by Gasteiger charge is -2.12. The largest absolute Gasteiger partial charge is 0.454 e. The van der Waals surface area contributed by atoms with Gasteiger partial charge in [0.15, 0.2) is 23.1 Å². The normalized spacial score (nSPS) is 10.8. The number of halogens is 6. The van der Waals surface area contributed by atoms with Crippen molar-refractivity contribution >= 4 is 0 Å². The van der Waals surface area contributed by atoms with Crippen molar-refractivity contribution in [2.24, 2.45) is 0 Å². The Kier molecular flexibility index (Phi) is 9.45. The van der Waals surface area contributed by atoms with Crippen LogP contribution in [-0.2, 0) is 0 Å². The number of hydrogen-bond acceptors (Lipinski definition) is 2. The van der Waals surface area contributed by atoms with Crippen molar-refractivity contribution in [1.29, 1.82) is 0 Å². The zero-order valence-electron chi connectivity index (χ0n) is 21.2. The van der Waals surface area contributed by atoms with Gasteiger partial charge in [0.05, 0.1) is 0 Å². The predicted molar refractivity (Wildman–Crippen MR) is 134 cm³/mol. The molecule has 0 unspecified atom stereocenters. The molecule has 0 atom stereocenters. The Morgan fingerprint density at radius 2 is 1.08 bits per heavy atom. The number of benzene rings is 4. The summed E-state index contributed by atoms with van der Waals surface area (Å²) in [6, 6.07) is 15.3. The molecule has 4 rings (SSSR count). The topological polar surface area (TPSA) is 18.5 Å². The standard InChI is InChI=1S/2C15H13F3O/c1-9(2)10-6-13(17)15(18)14(7-10)19-12-5-3-4-11(16)8-12;1-9(2)12-7-15(14(18)8-13(12)17)19-11-5-3-4-10(16)6-11/h2*3-9H,1-2H3. The molecule has 0 aliphatic rings. The maximum atomic E-state index is 13.6. The Labute approximate surface area is 217 Å². The molecule has 0 N–H and O–H groups in total. The minimum atomic E-state index is -1.08. The molecule has 0 aliphatic heterocycles. The van der Waals surface area contributed by atoms with Crippen LogP contribution in [0.1, 0.15) is 50.7 Å². The van der Waals surface area contributed by atoms with E-state index >= 15 is 0 Å². The summed E-state index contributed by atoms with van der Waals surface area (Å²) in [6.45, 7) is 7.31. The Hall–Kier alpha value is -3.94. The molecule has 0 aliphatic carbocycles. The third-order valence-electron chi connectivity index (χ3n) is 5.40. The molecule has 38 heavy (non-hydrogen) atoms. The molecule has 0 saturated heterocycles. The summed E-state index contributed by atoms with van der Waals surface area (Å²) in [5.41, 5.74) is 0.970. The summed E-state index contributed by atoms with van der Waals surface area (Å²) in [6.07, 6.45) is 0. The van der Waals surface area contributed by atoms with E-state index in [0.29, 0.717) is 11.1 Å². The minimum absolute atomic E-state index is 0.0324. The second-order valence-electron chi connectivity index (χ2n) is 9.05. The molecule has 0 aromatic heterocycles. The highest BCUT2D eigenvalue weighted by molar-refractivity contribution is 5.38. The van der Waals surface area contributed by atoms with Gasteiger partial charge in [-0.25, -0.2) is 22.0 Å². The van der Waals surface area contributed by atoms with Crippen molar-refractivity contribution in [3.8, 4) is 23.0 Å². The summed E-state index contributed by atoms with van der Waals surface area (Å²) in [5, 5.41) is 0. The Balaban J connectivity index is 0.000000211. The summed E-state index contributed by atoms with van der Waals surface area (Å²) in [7, 11) is 0. The average Bonchev–Trinajstić information content (AvgIpc) is 2.84. The van der Waals surface area contributed by atoms with Gasteiger partial charge in [-0.1, -0.05) is 39.8 Å².